The van der Waals surface area contributed by atoms with Crippen LogP contribution in [0.5, 0.6) is 0 Å². The van der Waals surface area contributed by atoms with E-state index in [0.29, 0.717) is 5.69 Å². The van der Waals surface area contributed by atoms with Crippen molar-refractivity contribution >= 4 is 42.9 Å². The van der Waals surface area contributed by atoms with Crippen LogP contribution >= 0.6 is 22.3 Å². The Kier molecular flexibility index (Phi) is 4.03. The molecular weight excluding hydrogens is 311 g/mol. The summed E-state index contributed by atoms with van der Waals surface area (Å²) in [5, 5.41) is 0.230. The Morgan fingerprint density at radius 3 is 2.84 bits per heavy atom. The van der Waals surface area contributed by atoms with E-state index in [1.807, 2.05) is 6.92 Å². The third kappa shape index (κ3) is 3.58. The largest absolute Gasteiger partial charge is 0.309 e. The first kappa shape index (κ1) is 14.6. The SMILES string of the molecule is Cc1cnc(Cl)c(N2CC(CS(=O)(=O)Cl)CC2=O)c1. The van der Waals surface area contributed by atoms with Crippen LogP contribution in [0.4, 0.5) is 5.69 Å². The van der Waals surface area contributed by atoms with Crippen molar-refractivity contribution in [3.05, 3.63) is 23.0 Å². The van der Waals surface area contributed by atoms with Gasteiger partial charge in [-0.15, -0.1) is 0 Å². The summed E-state index contributed by atoms with van der Waals surface area (Å²) in [6.07, 6.45) is 1.75. The maximum Gasteiger partial charge on any atom is 0.232 e. The zero-order valence-electron chi connectivity index (χ0n) is 10.1. The van der Waals surface area contributed by atoms with E-state index in [1.165, 1.54) is 4.90 Å². The quantitative estimate of drug-likeness (QED) is 0.630. The molecule has 2 rings (SSSR count). The van der Waals surface area contributed by atoms with Crippen molar-refractivity contribution < 1.29 is 13.2 Å². The number of aryl methyl sites for hydroxylation is 1. The molecule has 1 aliphatic rings. The number of amides is 1. The molecule has 1 saturated heterocycles. The molecule has 1 amide bonds. The van der Waals surface area contributed by atoms with Gasteiger partial charge in [-0.3, -0.25) is 4.79 Å². The van der Waals surface area contributed by atoms with E-state index >= 15 is 0 Å². The molecule has 0 saturated carbocycles. The van der Waals surface area contributed by atoms with Gasteiger partial charge in [-0.2, -0.15) is 0 Å². The Labute approximate surface area is 120 Å². The number of halogens is 2. The first-order valence-electron chi connectivity index (χ1n) is 5.61. The Bertz CT molecular complexity index is 618. The van der Waals surface area contributed by atoms with Gasteiger partial charge in [-0.1, -0.05) is 11.6 Å². The fourth-order valence-electron chi connectivity index (χ4n) is 2.13. The van der Waals surface area contributed by atoms with Gasteiger partial charge in [0.25, 0.3) is 0 Å². The van der Waals surface area contributed by atoms with E-state index in [-0.39, 0.29) is 35.7 Å². The summed E-state index contributed by atoms with van der Waals surface area (Å²) in [5.41, 5.74) is 1.39. The van der Waals surface area contributed by atoms with Crippen molar-refractivity contribution in [2.45, 2.75) is 13.3 Å². The van der Waals surface area contributed by atoms with Crippen molar-refractivity contribution in [3.63, 3.8) is 0 Å². The standard InChI is InChI=1S/C11H12Cl2N2O3S/c1-7-2-9(11(12)14-4-7)15-5-8(3-10(15)16)6-19(13,17)18/h2,4,8H,3,5-6H2,1H3. The molecule has 1 unspecified atom stereocenters. The minimum absolute atomic E-state index is 0.149. The Balaban J connectivity index is 2.23. The molecule has 1 fully saturated rings. The van der Waals surface area contributed by atoms with Gasteiger partial charge in [-0.05, 0) is 18.6 Å². The summed E-state index contributed by atoms with van der Waals surface area (Å²) in [4.78, 5) is 17.4. The summed E-state index contributed by atoms with van der Waals surface area (Å²) in [5.74, 6) is -0.695. The number of hydrogen-bond acceptors (Lipinski definition) is 4. The van der Waals surface area contributed by atoms with Crippen molar-refractivity contribution in [2.75, 3.05) is 17.2 Å². The Morgan fingerprint density at radius 2 is 2.21 bits per heavy atom. The first-order chi connectivity index (χ1) is 8.76. The summed E-state index contributed by atoms with van der Waals surface area (Å²) in [6.45, 7) is 2.13. The molecule has 104 valence electrons. The fraction of sp³-hybridized carbons (Fsp3) is 0.455. The molecule has 1 aliphatic heterocycles. The number of carbonyl (C=O) groups is 1. The molecule has 0 radical (unpaired) electrons. The lowest BCUT2D eigenvalue weighted by Gasteiger charge is -2.17. The predicted molar refractivity (Wildman–Crippen MR) is 74.1 cm³/mol. The van der Waals surface area contributed by atoms with E-state index in [2.05, 4.69) is 4.98 Å². The molecular formula is C11H12Cl2N2O3S. The molecule has 1 aromatic heterocycles. The maximum absolute atomic E-state index is 11.9. The number of nitrogens with zero attached hydrogens (tertiary/aromatic N) is 2. The second-order valence-corrected chi connectivity index (χ2v) is 7.78. The molecule has 19 heavy (non-hydrogen) atoms. The summed E-state index contributed by atoms with van der Waals surface area (Å²) >= 11 is 5.97. The summed E-state index contributed by atoms with van der Waals surface area (Å²) in [7, 11) is 1.60. The normalized spacial score (nSPS) is 20.1. The summed E-state index contributed by atoms with van der Waals surface area (Å²) < 4.78 is 22.1. The molecule has 5 nitrogen and oxygen atoms in total. The molecule has 2 heterocycles. The number of aromatic nitrogens is 1. The van der Waals surface area contributed by atoms with E-state index < -0.39 is 9.05 Å². The molecule has 0 spiro atoms. The van der Waals surface area contributed by atoms with Gasteiger partial charge >= 0.3 is 0 Å². The van der Waals surface area contributed by atoms with Gasteiger partial charge < -0.3 is 4.90 Å². The first-order valence-corrected chi connectivity index (χ1v) is 8.47. The van der Waals surface area contributed by atoms with Crippen LogP contribution in [0.3, 0.4) is 0 Å². The van der Waals surface area contributed by atoms with Crippen LogP contribution < -0.4 is 4.90 Å². The lowest BCUT2D eigenvalue weighted by Crippen LogP contribution is -2.26. The number of anilines is 1. The molecule has 1 aromatic rings. The van der Waals surface area contributed by atoms with E-state index in [9.17, 15) is 13.2 Å². The third-order valence-corrected chi connectivity index (χ3v) is 4.43. The number of rotatable bonds is 3. The van der Waals surface area contributed by atoms with Crippen molar-refractivity contribution in [1.29, 1.82) is 0 Å². The molecule has 0 aliphatic carbocycles. The van der Waals surface area contributed by atoms with Crippen LogP contribution in [0.1, 0.15) is 12.0 Å². The lowest BCUT2D eigenvalue weighted by molar-refractivity contribution is -0.117. The molecule has 1 atom stereocenters. The topological polar surface area (TPSA) is 67.3 Å². The van der Waals surface area contributed by atoms with Crippen molar-refractivity contribution in [2.24, 2.45) is 5.92 Å². The smallest absolute Gasteiger partial charge is 0.232 e. The number of hydrogen-bond donors (Lipinski definition) is 0. The highest BCUT2D eigenvalue weighted by molar-refractivity contribution is 8.13. The predicted octanol–water partition coefficient (Wildman–Crippen LogP) is 1.96. The molecule has 8 heteroatoms. The second-order valence-electron chi connectivity index (χ2n) is 4.60. The van der Waals surface area contributed by atoms with Gasteiger partial charge in [0, 0.05) is 35.8 Å². The molecule has 0 aromatic carbocycles. The van der Waals surface area contributed by atoms with Crippen LogP contribution in [0.2, 0.25) is 5.15 Å². The second kappa shape index (κ2) is 5.26. The van der Waals surface area contributed by atoms with Crippen LogP contribution in [-0.4, -0.2) is 31.6 Å². The van der Waals surface area contributed by atoms with E-state index in [1.54, 1.807) is 12.3 Å². The van der Waals surface area contributed by atoms with Crippen molar-refractivity contribution in [3.8, 4) is 0 Å². The minimum Gasteiger partial charge on any atom is -0.309 e. The number of pyridine rings is 1. The fourth-order valence-corrected chi connectivity index (χ4v) is 3.66. The Morgan fingerprint density at radius 1 is 1.53 bits per heavy atom. The van der Waals surface area contributed by atoms with Crippen LogP contribution in [0.15, 0.2) is 12.3 Å². The zero-order valence-corrected chi connectivity index (χ0v) is 12.5. The lowest BCUT2D eigenvalue weighted by atomic mass is 10.1. The van der Waals surface area contributed by atoms with Gasteiger partial charge in [0.15, 0.2) is 5.15 Å². The highest BCUT2D eigenvalue weighted by atomic mass is 35.7. The number of carbonyl (C=O) groups excluding carboxylic acids is 1. The maximum atomic E-state index is 11.9. The average Bonchev–Trinajstić information content (AvgIpc) is 2.60. The summed E-state index contributed by atoms with van der Waals surface area (Å²) in [6, 6.07) is 1.75. The van der Waals surface area contributed by atoms with Crippen LogP contribution in [0, 0.1) is 12.8 Å². The van der Waals surface area contributed by atoms with Gasteiger partial charge in [0.1, 0.15) is 0 Å². The van der Waals surface area contributed by atoms with Crippen molar-refractivity contribution in [1.82, 2.24) is 4.98 Å². The Hall–Kier alpha value is -0.850. The zero-order chi connectivity index (χ0) is 14.2. The van der Waals surface area contributed by atoms with Gasteiger partial charge in [0.2, 0.25) is 15.0 Å². The van der Waals surface area contributed by atoms with Gasteiger partial charge in [-0.25, -0.2) is 13.4 Å². The van der Waals surface area contributed by atoms with E-state index in [0.717, 1.165) is 5.56 Å². The van der Waals surface area contributed by atoms with Crippen LogP contribution in [-0.2, 0) is 13.8 Å². The monoisotopic (exact) mass is 322 g/mol. The third-order valence-electron chi connectivity index (χ3n) is 2.89. The molecule has 0 N–H and O–H groups in total. The van der Waals surface area contributed by atoms with Crippen LogP contribution in [0.25, 0.3) is 0 Å². The highest BCUT2D eigenvalue weighted by Crippen LogP contribution is 2.31. The average molecular weight is 323 g/mol. The highest BCUT2D eigenvalue weighted by Gasteiger charge is 2.34. The molecule has 0 bridgehead atoms. The minimum atomic E-state index is -3.61. The van der Waals surface area contributed by atoms with E-state index in [4.69, 9.17) is 22.3 Å². The van der Waals surface area contributed by atoms with Gasteiger partial charge in [0.05, 0.1) is 11.4 Å².